The standard InChI is InChI=1S/C14H22F3N/c15-14(16,17)11-3-1-2-4-12(11)18-13-8-9-5-6-10(13)7-9/h9-13,18H,1-8H2. The van der Waals surface area contributed by atoms with Crippen LogP contribution in [0.25, 0.3) is 0 Å². The molecule has 104 valence electrons. The summed E-state index contributed by atoms with van der Waals surface area (Å²) in [7, 11) is 0. The summed E-state index contributed by atoms with van der Waals surface area (Å²) in [6.07, 6.45) is 3.59. The summed E-state index contributed by atoms with van der Waals surface area (Å²) < 4.78 is 39.0. The molecule has 1 nitrogen and oxygen atoms in total. The van der Waals surface area contributed by atoms with Gasteiger partial charge in [0.2, 0.25) is 0 Å². The maximum absolute atomic E-state index is 13.0. The van der Waals surface area contributed by atoms with E-state index in [-0.39, 0.29) is 6.04 Å². The average Bonchev–Trinajstić information content (AvgIpc) is 2.90. The summed E-state index contributed by atoms with van der Waals surface area (Å²) >= 11 is 0. The molecule has 0 aliphatic heterocycles. The van der Waals surface area contributed by atoms with E-state index in [0.29, 0.717) is 24.8 Å². The normalized spacial score (nSPS) is 44.5. The van der Waals surface area contributed by atoms with Gasteiger partial charge in [-0.15, -0.1) is 0 Å². The third-order valence-corrected chi connectivity index (χ3v) is 5.35. The monoisotopic (exact) mass is 261 g/mol. The summed E-state index contributed by atoms with van der Waals surface area (Å²) in [5.41, 5.74) is 0. The minimum Gasteiger partial charge on any atom is -0.310 e. The van der Waals surface area contributed by atoms with Gasteiger partial charge in [0.15, 0.2) is 0 Å². The lowest BCUT2D eigenvalue weighted by Gasteiger charge is -2.37. The summed E-state index contributed by atoms with van der Waals surface area (Å²) in [6, 6.07) is 0.0554. The highest BCUT2D eigenvalue weighted by atomic mass is 19.4. The Bertz CT molecular complexity index is 302. The van der Waals surface area contributed by atoms with Gasteiger partial charge < -0.3 is 5.32 Å². The number of halogens is 3. The zero-order chi connectivity index (χ0) is 12.8. The van der Waals surface area contributed by atoms with Crippen LogP contribution in [-0.4, -0.2) is 18.3 Å². The van der Waals surface area contributed by atoms with Crippen LogP contribution >= 0.6 is 0 Å². The Morgan fingerprint density at radius 1 is 0.833 bits per heavy atom. The molecule has 0 aromatic carbocycles. The fourth-order valence-electron chi connectivity index (χ4n) is 4.45. The Morgan fingerprint density at radius 2 is 1.61 bits per heavy atom. The number of hydrogen-bond acceptors (Lipinski definition) is 1. The first-order valence-corrected chi connectivity index (χ1v) is 7.37. The molecule has 18 heavy (non-hydrogen) atoms. The van der Waals surface area contributed by atoms with Crippen molar-refractivity contribution in [3.63, 3.8) is 0 Å². The van der Waals surface area contributed by atoms with Gasteiger partial charge in [-0.25, -0.2) is 0 Å². The highest BCUT2D eigenvalue weighted by molar-refractivity contribution is 4.97. The molecule has 0 radical (unpaired) electrons. The molecule has 0 aromatic rings. The fraction of sp³-hybridized carbons (Fsp3) is 1.00. The number of alkyl halides is 3. The summed E-state index contributed by atoms with van der Waals surface area (Å²) in [4.78, 5) is 0. The zero-order valence-corrected chi connectivity index (χ0v) is 10.7. The molecular formula is C14H22F3N. The molecule has 3 rings (SSSR count). The van der Waals surface area contributed by atoms with Crippen LogP contribution in [0.2, 0.25) is 0 Å². The van der Waals surface area contributed by atoms with Crippen LogP contribution < -0.4 is 5.32 Å². The lowest BCUT2D eigenvalue weighted by atomic mass is 9.82. The van der Waals surface area contributed by atoms with E-state index in [1.165, 1.54) is 19.3 Å². The van der Waals surface area contributed by atoms with E-state index in [9.17, 15) is 13.2 Å². The van der Waals surface area contributed by atoms with Gasteiger partial charge in [-0.2, -0.15) is 13.2 Å². The van der Waals surface area contributed by atoms with Crippen molar-refractivity contribution in [2.45, 2.75) is 69.6 Å². The summed E-state index contributed by atoms with van der Waals surface area (Å²) in [6.45, 7) is 0. The Balaban J connectivity index is 1.63. The van der Waals surface area contributed by atoms with Gasteiger partial charge in [-0.05, 0) is 43.9 Å². The van der Waals surface area contributed by atoms with Crippen molar-refractivity contribution in [2.24, 2.45) is 17.8 Å². The van der Waals surface area contributed by atoms with Gasteiger partial charge in [-0.3, -0.25) is 0 Å². The van der Waals surface area contributed by atoms with Crippen molar-refractivity contribution >= 4 is 0 Å². The van der Waals surface area contributed by atoms with Crippen molar-refractivity contribution in [1.29, 1.82) is 0 Å². The van der Waals surface area contributed by atoms with E-state index in [0.717, 1.165) is 25.2 Å². The van der Waals surface area contributed by atoms with Gasteiger partial charge in [0.1, 0.15) is 0 Å². The fourth-order valence-corrected chi connectivity index (χ4v) is 4.45. The first-order chi connectivity index (χ1) is 8.54. The first-order valence-electron chi connectivity index (χ1n) is 7.37. The van der Waals surface area contributed by atoms with Crippen molar-refractivity contribution < 1.29 is 13.2 Å². The summed E-state index contributed by atoms with van der Waals surface area (Å²) in [5.74, 6) is 0.344. The predicted molar refractivity (Wildman–Crippen MR) is 64.2 cm³/mol. The molecule has 4 heteroatoms. The second-order valence-electron chi connectivity index (χ2n) is 6.49. The van der Waals surface area contributed by atoms with Crippen molar-refractivity contribution in [3.05, 3.63) is 0 Å². The van der Waals surface area contributed by atoms with E-state index in [2.05, 4.69) is 5.32 Å². The number of rotatable bonds is 2. The van der Waals surface area contributed by atoms with Crippen LogP contribution in [0.5, 0.6) is 0 Å². The Hall–Kier alpha value is -0.250. The van der Waals surface area contributed by atoms with E-state index in [1.54, 1.807) is 0 Å². The molecule has 3 aliphatic carbocycles. The van der Waals surface area contributed by atoms with Gasteiger partial charge >= 0.3 is 6.18 Å². The Kier molecular flexibility index (Phi) is 3.33. The smallest absolute Gasteiger partial charge is 0.310 e. The number of fused-ring (bicyclic) bond motifs is 2. The number of hydrogen-bond donors (Lipinski definition) is 1. The molecule has 0 aromatic heterocycles. The molecule has 0 heterocycles. The largest absolute Gasteiger partial charge is 0.393 e. The molecule has 2 bridgehead atoms. The predicted octanol–water partition coefficient (Wildman–Crippen LogP) is 3.89. The summed E-state index contributed by atoms with van der Waals surface area (Å²) in [5, 5.41) is 3.39. The van der Waals surface area contributed by atoms with E-state index >= 15 is 0 Å². The van der Waals surface area contributed by atoms with Crippen LogP contribution in [0.1, 0.15) is 51.4 Å². The second-order valence-corrected chi connectivity index (χ2v) is 6.49. The van der Waals surface area contributed by atoms with Crippen LogP contribution in [0.4, 0.5) is 13.2 Å². The lowest BCUT2D eigenvalue weighted by Crippen LogP contribution is -2.50. The number of nitrogens with one attached hydrogen (secondary N) is 1. The lowest BCUT2D eigenvalue weighted by molar-refractivity contribution is -0.189. The zero-order valence-electron chi connectivity index (χ0n) is 10.7. The average molecular weight is 261 g/mol. The topological polar surface area (TPSA) is 12.0 Å². The minimum absolute atomic E-state index is 0.317. The molecule has 3 saturated carbocycles. The quantitative estimate of drug-likeness (QED) is 0.795. The van der Waals surface area contributed by atoms with Gasteiger partial charge in [-0.1, -0.05) is 19.3 Å². The van der Waals surface area contributed by atoms with E-state index in [4.69, 9.17) is 0 Å². The molecule has 0 amide bonds. The van der Waals surface area contributed by atoms with Crippen LogP contribution in [-0.2, 0) is 0 Å². The van der Waals surface area contributed by atoms with Crippen LogP contribution in [0, 0.1) is 17.8 Å². The van der Waals surface area contributed by atoms with Crippen molar-refractivity contribution in [2.75, 3.05) is 0 Å². The molecule has 3 aliphatic rings. The molecule has 0 saturated heterocycles. The molecule has 3 fully saturated rings. The van der Waals surface area contributed by atoms with Gasteiger partial charge in [0.05, 0.1) is 5.92 Å². The Morgan fingerprint density at radius 3 is 2.22 bits per heavy atom. The maximum atomic E-state index is 13.0. The first kappa shape index (κ1) is 12.8. The molecular weight excluding hydrogens is 239 g/mol. The third kappa shape index (κ3) is 2.40. The molecule has 5 atom stereocenters. The SMILES string of the molecule is FC(F)(F)C1CCCCC1NC1CC2CCC1C2. The second kappa shape index (κ2) is 4.69. The van der Waals surface area contributed by atoms with Crippen molar-refractivity contribution in [1.82, 2.24) is 5.32 Å². The van der Waals surface area contributed by atoms with Crippen molar-refractivity contribution in [3.8, 4) is 0 Å². The van der Waals surface area contributed by atoms with Gasteiger partial charge in [0.25, 0.3) is 0 Å². The van der Waals surface area contributed by atoms with E-state index < -0.39 is 12.1 Å². The van der Waals surface area contributed by atoms with Crippen LogP contribution in [0.15, 0.2) is 0 Å². The maximum Gasteiger partial charge on any atom is 0.393 e. The molecule has 5 unspecified atom stereocenters. The van der Waals surface area contributed by atoms with Crippen LogP contribution in [0.3, 0.4) is 0 Å². The van der Waals surface area contributed by atoms with E-state index in [1.807, 2.05) is 0 Å². The Labute approximate surface area is 107 Å². The van der Waals surface area contributed by atoms with Gasteiger partial charge in [0, 0.05) is 12.1 Å². The highest BCUT2D eigenvalue weighted by Crippen LogP contribution is 2.46. The highest BCUT2D eigenvalue weighted by Gasteiger charge is 2.48. The minimum atomic E-state index is -4.02. The molecule has 0 spiro atoms. The molecule has 1 N–H and O–H groups in total. The third-order valence-electron chi connectivity index (χ3n) is 5.35.